The summed E-state index contributed by atoms with van der Waals surface area (Å²) in [5.74, 6) is 0. The van der Waals surface area contributed by atoms with Crippen molar-refractivity contribution in [3.8, 4) is 0 Å². The summed E-state index contributed by atoms with van der Waals surface area (Å²) in [6.07, 6.45) is 2.51. The van der Waals surface area contributed by atoms with E-state index in [0.717, 1.165) is 12.8 Å². The van der Waals surface area contributed by atoms with Crippen molar-refractivity contribution >= 4 is 0 Å². The first kappa shape index (κ1) is 14.2. The number of nitrogens with one attached hydrogen (secondary N) is 1. The van der Waals surface area contributed by atoms with Crippen LogP contribution in [0, 0.1) is 13.8 Å². The fourth-order valence-corrected chi connectivity index (χ4v) is 1.98. The van der Waals surface area contributed by atoms with Crippen LogP contribution in [-0.4, -0.2) is 20.3 Å². The summed E-state index contributed by atoms with van der Waals surface area (Å²) in [6, 6.07) is 7.14. The molecule has 2 unspecified atom stereocenters. The Balaban J connectivity index is 2.69. The van der Waals surface area contributed by atoms with Crippen LogP contribution in [0.15, 0.2) is 18.2 Å². The van der Waals surface area contributed by atoms with Crippen LogP contribution in [0.1, 0.15) is 42.5 Å². The normalized spacial score (nSPS) is 14.6. The molecule has 0 bridgehead atoms. The zero-order valence-corrected chi connectivity index (χ0v) is 11.7. The van der Waals surface area contributed by atoms with Crippen molar-refractivity contribution < 1.29 is 4.74 Å². The van der Waals surface area contributed by atoms with Gasteiger partial charge in [0.1, 0.15) is 0 Å². The summed E-state index contributed by atoms with van der Waals surface area (Å²) >= 11 is 0. The van der Waals surface area contributed by atoms with Gasteiger partial charge in [0.2, 0.25) is 0 Å². The van der Waals surface area contributed by atoms with Gasteiger partial charge in [-0.1, -0.05) is 18.2 Å². The van der Waals surface area contributed by atoms with Gasteiger partial charge in [-0.2, -0.15) is 0 Å². The van der Waals surface area contributed by atoms with Gasteiger partial charge in [-0.15, -0.1) is 0 Å². The summed E-state index contributed by atoms with van der Waals surface area (Å²) in [5.41, 5.74) is 4.09. The lowest BCUT2D eigenvalue weighted by molar-refractivity contribution is 0.106. The lowest BCUT2D eigenvalue weighted by Gasteiger charge is -2.19. The molecule has 0 fully saturated rings. The van der Waals surface area contributed by atoms with E-state index in [2.05, 4.69) is 44.3 Å². The predicted molar refractivity (Wildman–Crippen MR) is 73.4 cm³/mol. The molecule has 1 aromatic rings. The van der Waals surface area contributed by atoms with Crippen molar-refractivity contribution in [2.45, 2.75) is 45.8 Å². The largest absolute Gasteiger partial charge is 0.382 e. The number of aryl methyl sites for hydroxylation is 2. The van der Waals surface area contributed by atoms with Crippen LogP contribution in [0.2, 0.25) is 0 Å². The molecular weight excluding hydrogens is 210 g/mol. The Labute approximate surface area is 105 Å². The lowest BCUT2D eigenvalue weighted by atomic mass is 9.97. The Morgan fingerprint density at radius 2 is 1.88 bits per heavy atom. The Morgan fingerprint density at radius 1 is 1.18 bits per heavy atom. The predicted octanol–water partition coefficient (Wildman–Crippen LogP) is 3.38. The minimum atomic E-state index is 0.331. The van der Waals surface area contributed by atoms with Crippen LogP contribution in [0.5, 0.6) is 0 Å². The number of benzene rings is 1. The van der Waals surface area contributed by atoms with E-state index in [1.807, 2.05) is 7.05 Å². The maximum Gasteiger partial charge on any atom is 0.0543 e. The first-order valence-corrected chi connectivity index (χ1v) is 6.35. The number of hydrogen-bond acceptors (Lipinski definition) is 2. The third kappa shape index (κ3) is 4.14. The molecule has 0 aromatic heterocycles. The maximum absolute atomic E-state index is 5.30. The molecule has 2 atom stereocenters. The van der Waals surface area contributed by atoms with Gasteiger partial charge in [0.05, 0.1) is 6.10 Å². The minimum absolute atomic E-state index is 0.331. The van der Waals surface area contributed by atoms with E-state index >= 15 is 0 Å². The van der Waals surface area contributed by atoms with E-state index in [9.17, 15) is 0 Å². The maximum atomic E-state index is 5.30. The fraction of sp³-hybridized carbons (Fsp3) is 0.600. The summed E-state index contributed by atoms with van der Waals surface area (Å²) in [5, 5.41) is 3.39. The highest BCUT2D eigenvalue weighted by atomic mass is 16.5. The molecule has 2 heteroatoms. The van der Waals surface area contributed by atoms with Gasteiger partial charge < -0.3 is 10.1 Å². The quantitative estimate of drug-likeness (QED) is 0.816. The highest BCUT2D eigenvalue weighted by Crippen LogP contribution is 2.22. The van der Waals surface area contributed by atoms with Gasteiger partial charge in [-0.25, -0.2) is 0 Å². The first-order valence-electron chi connectivity index (χ1n) is 6.35. The highest BCUT2D eigenvalue weighted by Gasteiger charge is 2.11. The Kier molecular flexibility index (Phi) is 5.66. The number of hydrogen-bond donors (Lipinski definition) is 1. The molecule has 17 heavy (non-hydrogen) atoms. The molecule has 1 aromatic carbocycles. The molecule has 96 valence electrons. The van der Waals surface area contributed by atoms with Crippen molar-refractivity contribution in [2.24, 2.45) is 0 Å². The first-order chi connectivity index (χ1) is 8.08. The summed E-state index contributed by atoms with van der Waals surface area (Å²) < 4.78 is 5.30. The van der Waals surface area contributed by atoms with Crippen molar-refractivity contribution in [1.29, 1.82) is 0 Å². The van der Waals surface area contributed by atoms with Gasteiger partial charge in [0.15, 0.2) is 0 Å². The summed E-state index contributed by atoms with van der Waals surface area (Å²) in [6.45, 7) is 6.44. The van der Waals surface area contributed by atoms with Crippen LogP contribution in [0.4, 0.5) is 0 Å². The van der Waals surface area contributed by atoms with Crippen LogP contribution in [0.25, 0.3) is 0 Å². The third-order valence-electron chi connectivity index (χ3n) is 3.55. The summed E-state index contributed by atoms with van der Waals surface area (Å²) in [4.78, 5) is 0. The molecule has 1 rings (SSSR count). The molecule has 0 aliphatic carbocycles. The summed E-state index contributed by atoms with van der Waals surface area (Å²) in [7, 11) is 3.80. The van der Waals surface area contributed by atoms with Crippen LogP contribution in [-0.2, 0) is 4.74 Å². The smallest absolute Gasteiger partial charge is 0.0543 e. The Morgan fingerprint density at radius 3 is 2.41 bits per heavy atom. The standard InChI is InChI=1S/C15H25NO/c1-11-6-8-14(10-12(11)2)15(16-4)9-7-13(3)17-5/h6,8,10,13,15-16H,7,9H2,1-5H3. The molecule has 0 spiro atoms. The monoisotopic (exact) mass is 235 g/mol. The number of rotatable bonds is 6. The van der Waals surface area contributed by atoms with E-state index < -0.39 is 0 Å². The number of methoxy groups -OCH3 is 1. The van der Waals surface area contributed by atoms with Gasteiger partial charge in [0, 0.05) is 13.2 Å². The van der Waals surface area contributed by atoms with Crippen LogP contribution < -0.4 is 5.32 Å². The van der Waals surface area contributed by atoms with Crippen molar-refractivity contribution in [1.82, 2.24) is 5.32 Å². The molecule has 0 amide bonds. The average molecular weight is 235 g/mol. The average Bonchev–Trinajstić information content (AvgIpc) is 2.33. The van der Waals surface area contributed by atoms with Crippen LogP contribution in [0.3, 0.4) is 0 Å². The van der Waals surface area contributed by atoms with Gasteiger partial charge in [0.25, 0.3) is 0 Å². The topological polar surface area (TPSA) is 21.3 Å². The molecule has 0 saturated heterocycles. The molecule has 0 aliphatic rings. The van der Waals surface area contributed by atoms with Gasteiger partial charge in [-0.3, -0.25) is 0 Å². The zero-order valence-electron chi connectivity index (χ0n) is 11.7. The molecule has 0 saturated carbocycles. The Hall–Kier alpha value is -0.860. The highest BCUT2D eigenvalue weighted by molar-refractivity contribution is 5.31. The van der Waals surface area contributed by atoms with Gasteiger partial charge in [-0.05, 0) is 57.4 Å². The van der Waals surface area contributed by atoms with Gasteiger partial charge >= 0.3 is 0 Å². The molecular formula is C15H25NO. The fourth-order valence-electron chi connectivity index (χ4n) is 1.98. The second-order valence-corrected chi connectivity index (χ2v) is 4.81. The SMILES string of the molecule is CNC(CCC(C)OC)c1ccc(C)c(C)c1. The molecule has 0 heterocycles. The van der Waals surface area contributed by atoms with E-state index in [4.69, 9.17) is 4.74 Å². The second-order valence-electron chi connectivity index (χ2n) is 4.81. The molecule has 0 aliphatic heterocycles. The Bertz CT molecular complexity index is 349. The van der Waals surface area contributed by atoms with Crippen molar-refractivity contribution in [2.75, 3.05) is 14.2 Å². The molecule has 1 N–H and O–H groups in total. The van der Waals surface area contributed by atoms with Crippen molar-refractivity contribution in [3.63, 3.8) is 0 Å². The van der Waals surface area contributed by atoms with Crippen LogP contribution >= 0.6 is 0 Å². The van der Waals surface area contributed by atoms with E-state index in [0.29, 0.717) is 12.1 Å². The number of ether oxygens (including phenoxy) is 1. The zero-order chi connectivity index (χ0) is 12.8. The van der Waals surface area contributed by atoms with E-state index in [1.54, 1.807) is 7.11 Å². The van der Waals surface area contributed by atoms with Crippen molar-refractivity contribution in [3.05, 3.63) is 34.9 Å². The third-order valence-corrected chi connectivity index (χ3v) is 3.55. The second kappa shape index (κ2) is 6.77. The van der Waals surface area contributed by atoms with E-state index in [1.165, 1.54) is 16.7 Å². The molecule has 2 nitrogen and oxygen atoms in total. The minimum Gasteiger partial charge on any atom is -0.382 e. The molecule has 0 radical (unpaired) electrons. The van der Waals surface area contributed by atoms with E-state index in [-0.39, 0.29) is 0 Å². The lowest BCUT2D eigenvalue weighted by Crippen LogP contribution is -2.18.